The molecule has 0 amide bonds. The molecule has 134 valence electrons. The summed E-state index contributed by atoms with van der Waals surface area (Å²) < 4.78 is 6.39. The summed E-state index contributed by atoms with van der Waals surface area (Å²) in [5.41, 5.74) is 3.46. The highest BCUT2D eigenvalue weighted by molar-refractivity contribution is 8.02. The zero-order chi connectivity index (χ0) is 17.8. The first-order valence-corrected chi connectivity index (χ1v) is 10.4. The Morgan fingerprint density at radius 2 is 1.77 bits per heavy atom. The largest absolute Gasteiger partial charge is 0.474 e. The van der Waals surface area contributed by atoms with Crippen LogP contribution >= 0.6 is 11.8 Å². The van der Waals surface area contributed by atoms with Gasteiger partial charge in [0.2, 0.25) is 5.90 Å². The van der Waals surface area contributed by atoms with Gasteiger partial charge in [-0.2, -0.15) is 0 Å². The predicted octanol–water partition coefficient (Wildman–Crippen LogP) is 6.68. The van der Waals surface area contributed by atoms with Crippen LogP contribution in [-0.2, 0) is 4.74 Å². The van der Waals surface area contributed by atoms with Gasteiger partial charge in [0, 0.05) is 16.4 Å². The van der Waals surface area contributed by atoms with Crippen molar-refractivity contribution in [2.24, 2.45) is 10.9 Å². The summed E-state index contributed by atoms with van der Waals surface area (Å²) in [6.07, 6.45) is 6.46. The standard InChI is InChI=1S/C23H25NOS/c1-17-11-13-20(14-12-17)24-23-19(16-26-21-8-3-2-4-9-21)15-18-7-5-6-10-22(18)25-23/h2-4,8-9,11-14,16,18,22H,5-7,10,15H2,1H3/b19-16+,24-23?. The lowest BCUT2D eigenvalue weighted by atomic mass is 9.80. The number of fused-ring (bicyclic) bond motifs is 1. The lowest BCUT2D eigenvalue weighted by molar-refractivity contribution is 0.0678. The number of rotatable bonds is 3. The molecule has 2 unspecified atom stereocenters. The number of hydrogen-bond donors (Lipinski definition) is 0. The number of thioether (sulfide) groups is 1. The molecular formula is C23H25NOS. The van der Waals surface area contributed by atoms with Crippen LogP contribution in [0, 0.1) is 12.8 Å². The zero-order valence-electron chi connectivity index (χ0n) is 15.2. The Hall–Kier alpha value is -2.00. The molecule has 0 N–H and O–H groups in total. The molecule has 0 aromatic heterocycles. The topological polar surface area (TPSA) is 21.6 Å². The number of nitrogens with zero attached hydrogens (tertiary/aromatic N) is 1. The van der Waals surface area contributed by atoms with Crippen LogP contribution in [-0.4, -0.2) is 12.0 Å². The van der Waals surface area contributed by atoms with Crippen molar-refractivity contribution in [3.8, 4) is 0 Å². The molecular weight excluding hydrogens is 338 g/mol. The highest BCUT2D eigenvalue weighted by atomic mass is 32.2. The van der Waals surface area contributed by atoms with Crippen molar-refractivity contribution < 1.29 is 4.74 Å². The minimum atomic E-state index is 0.340. The third-order valence-electron chi connectivity index (χ3n) is 5.20. The van der Waals surface area contributed by atoms with Crippen LogP contribution < -0.4 is 0 Å². The molecule has 2 aliphatic rings. The predicted molar refractivity (Wildman–Crippen MR) is 110 cm³/mol. The van der Waals surface area contributed by atoms with E-state index in [4.69, 9.17) is 9.73 Å². The van der Waals surface area contributed by atoms with Crippen molar-refractivity contribution in [1.82, 2.24) is 0 Å². The highest BCUT2D eigenvalue weighted by Gasteiger charge is 2.34. The first kappa shape index (κ1) is 17.4. The maximum absolute atomic E-state index is 6.39. The van der Waals surface area contributed by atoms with E-state index in [1.807, 2.05) is 0 Å². The molecule has 1 aliphatic carbocycles. The monoisotopic (exact) mass is 363 g/mol. The van der Waals surface area contributed by atoms with Gasteiger partial charge in [-0.3, -0.25) is 0 Å². The number of hydrogen-bond acceptors (Lipinski definition) is 3. The van der Waals surface area contributed by atoms with Crippen LogP contribution in [0.15, 0.2) is 75.5 Å². The Balaban J connectivity index is 1.61. The van der Waals surface area contributed by atoms with Crippen molar-refractivity contribution in [1.29, 1.82) is 0 Å². The normalized spacial score (nSPS) is 25.7. The van der Waals surface area contributed by atoms with Gasteiger partial charge in [-0.1, -0.05) is 54.1 Å². The summed E-state index contributed by atoms with van der Waals surface area (Å²) in [4.78, 5) is 6.11. The molecule has 0 spiro atoms. The summed E-state index contributed by atoms with van der Waals surface area (Å²) in [6.45, 7) is 2.10. The molecule has 3 heteroatoms. The number of ether oxygens (including phenoxy) is 1. The van der Waals surface area contributed by atoms with Gasteiger partial charge in [0.15, 0.2) is 0 Å². The van der Waals surface area contributed by atoms with Gasteiger partial charge in [-0.15, -0.1) is 0 Å². The molecule has 2 aromatic carbocycles. The maximum Gasteiger partial charge on any atom is 0.217 e. The average Bonchev–Trinajstić information content (AvgIpc) is 2.69. The van der Waals surface area contributed by atoms with E-state index >= 15 is 0 Å². The number of aryl methyl sites for hydroxylation is 1. The maximum atomic E-state index is 6.39. The fraction of sp³-hybridized carbons (Fsp3) is 0.348. The van der Waals surface area contributed by atoms with Gasteiger partial charge in [-0.05, 0) is 62.3 Å². The molecule has 4 rings (SSSR count). The van der Waals surface area contributed by atoms with Crippen LogP contribution in [0.25, 0.3) is 0 Å². The molecule has 1 saturated carbocycles. The lowest BCUT2D eigenvalue weighted by Gasteiger charge is -2.37. The molecule has 26 heavy (non-hydrogen) atoms. The van der Waals surface area contributed by atoms with E-state index in [9.17, 15) is 0 Å². The lowest BCUT2D eigenvalue weighted by Crippen LogP contribution is -2.36. The van der Waals surface area contributed by atoms with Gasteiger partial charge in [0.25, 0.3) is 0 Å². The van der Waals surface area contributed by atoms with Gasteiger partial charge in [-0.25, -0.2) is 4.99 Å². The molecule has 2 atom stereocenters. The van der Waals surface area contributed by atoms with Crippen LogP contribution in [0.1, 0.15) is 37.7 Å². The van der Waals surface area contributed by atoms with Crippen molar-refractivity contribution in [3.63, 3.8) is 0 Å². The van der Waals surface area contributed by atoms with Crippen molar-refractivity contribution >= 4 is 23.3 Å². The van der Waals surface area contributed by atoms with Crippen LogP contribution in [0.2, 0.25) is 0 Å². The van der Waals surface area contributed by atoms with Crippen molar-refractivity contribution in [3.05, 3.63) is 71.1 Å². The molecule has 1 saturated heterocycles. The van der Waals surface area contributed by atoms with Crippen LogP contribution in [0.3, 0.4) is 0 Å². The molecule has 2 fully saturated rings. The molecule has 1 aliphatic heterocycles. The summed E-state index contributed by atoms with van der Waals surface area (Å²) >= 11 is 1.76. The summed E-state index contributed by atoms with van der Waals surface area (Å²) in [5, 5.41) is 2.24. The second kappa shape index (κ2) is 8.13. The Morgan fingerprint density at radius 1 is 1.00 bits per heavy atom. The fourth-order valence-corrected chi connectivity index (χ4v) is 4.51. The van der Waals surface area contributed by atoms with E-state index < -0.39 is 0 Å². The number of benzene rings is 2. The number of aliphatic imine (C=N–C) groups is 1. The van der Waals surface area contributed by atoms with Crippen LogP contribution in [0.5, 0.6) is 0 Å². The fourth-order valence-electron chi connectivity index (χ4n) is 3.72. The SMILES string of the molecule is Cc1ccc(N=C2OC3CCCCC3C/C2=C\Sc2ccccc2)cc1. The quantitative estimate of drug-likeness (QED) is 0.567. The Bertz CT molecular complexity index is 795. The zero-order valence-corrected chi connectivity index (χ0v) is 16.0. The van der Waals surface area contributed by atoms with Crippen molar-refractivity contribution in [2.75, 3.05) is 0 Å². The minimum absolute atomic E-state index is 0.340. The summed E-state index contributed by atoms with van der Waals surface area (Å²) in [7, 11) is 0. The van der Waals surface area contributed by atoms with E-state index in [1.54, 1.807) is 11.8 Å². The van der Waals surface area contributed by atoms with Crippen LogP contribution in [0.4, 0.5) is 5.69 Å². The summed E-state index contributed by atoms with van der Waals surface area (Å²) in [6, 6.07) is 18.9. The van der Waals surface area contributed by atoms with E-state index in [-0.39, 0.29) is 0 Å². The van der Waals surface area contributed by atoms with Gasteiger partial charge >= 0.3 is 0 Å². The van der Waals surface area contributed by atoms with E-state index in [2.05, 4.69) is 66.9 Å². The molecule has 1 heterocycles. The second-order valence-electron chi connectivity index (χ2n) is 7.23. The third kappa shape index (κ3) is 4.21. The second-order valence-corrected chi connectivity index (χ2v) is 8.17. The highest BCUT2D eigenvalue weighted by Crippen LogP contribution is 2.38. The Morgan fingerprint density at radius 3 is 2.58 bits per heavy atom. The average molecular weight is 364 g/mol. The molecule has 2 aromatic rings. The van der Waals surface area contributed by atoms with E-state index in [1.165, 1.54) is 35.3 Å². The molecule has 0 radical (unpaired) electrons. The first-order valence-electron chi connectivity index (χ1n) is 9.51. The van der Waals surface area contributed by atoms with Gasteiger partial charge in [0.05, 0.1) is 5.69 Å². The minimum Gasteiger partial charge on any atom is -0.474 e. The van der Waals surface area contributed by atoms with Gasteiger partial charge in [0.1, 0.15) is 6.10 Å². The van der Waals surface area contributed by atoms with Crippen molar-refractivity contribution in [2.45, 2.75) is 50.0 Å². The van der Waals surface area contributed by atoms with E-state index in [0.29, 0.717) is 12.0 Å². The Labute approximate surface area is 160 Å². The first-order chi connectivity index (χ1) is 12.8. The Kier molecular flexibility index (Phi) is 5.45. The van der Waals surface area contributed by atoms with E-state index in [0.717, 1.165) is 24.4 Å². The summed E-state index contributed by atoms with van der Waals surface area (Å²) in [5.74, 6) is 1.46. The third-order valence-corrected chi connectivity index (χ3v) is 6.15. The van der Waals surface area contributed by atoms with Gasteiger partial charge < -0.3 is 4.74 Å². The molecule has 2 nitrogen and oxygen atoms in total. The molecule has 0 bridgehead atoms. The smallest absolute Gasteiger partial charge is 0.217 e.